The van der Waals surface area contributed by atoms with Crippen LogP contribution in [0.15, 0.2) is 29.2 Å². The molecule has 106 valence electrons. The summed E-state index contributed by atoms with van der Waals surface area (Å²) in [6, 6.07) is 7.88. The topological polar surface area (TPSA) is 87.0 Å². The summed E-state index contributed by atoms with van der Waals surface area (Å²) >= 11 is 0. The van der Waals surface area contributed by atoms with Gasteiger partial charge in [-0.25, -0.2) is 8.42 Å². The van der Waals surface area contributed by atoms with Crippen molar-refractivity contribution < 1.29 is 13.2 Å². The molecular formula is C14H16N2O3S. The maximum atomic E-state index is 12.3. The van der Waals surface area contributed by atoms with Crippen LogP contribution in [0.5, 0.6) is 0 Å². The lowest BCUT2D eigenvalue weighted by Gasteiger charge is -2.11. The van der Waals surface area contributed by atoms with Gasteiger partial charge in [-0.2, -0.15) is 5.26 Å². The summed E-state index contributed by atoms with van der Waals surface area (Å²) in [4.78, 5) is 11.5. The van der Waals surface area contributed by atoms with Gasteiger partial charge in [0.15, 0.2) is 9.84 Å². The summed E-state index contributed by atoms with van der Waals surface area (Å²) in [7, 11) is -3.26. The Kier molecular flexibility index (Phi) is 4.40. The lowest BCUT2D eigenvalue weighted by Crippen LogP contribution is -2.17. The van der Waals surface area contributed by atoms with Gasteiger partial charge in [0, 0.05) is 5.69 Å². The minimum atomic E-state index is -3.26. The zero-order valence-corrected chi connectivity index (χ0v) is 11.8. The molecule has 1 aromatic rings. The maximum absolute atomic E-state index is 12.3. The Morgan fingerprint density at radius 1 is 1.25 bits per heavy atom. The second-order valence-corrected chi connectivity index (χ2v) is 7.09. The highest BCUT2D eigenvalue weighted by atomic mass is 32.2. The summed E-state index contributed by atoms with van der Waals surface area (Å²) in [6.07, 6.45) is 3.16. The Labute approximate surface area is 118 Å². The molecule has 0 atom stereocenters. The number of carbonyl (C=O) groups excluding carboxylic acids is 1. The van der Waals surface area contributed by atoms with Gasteiger partial charge in [-0.05, 0) is 37.1 Å². The molecule has 20 heavy (non-hydrogen) atoms. The SMILES string of the molecule is N#CCC(=O)Nc1ccc(S(=O)(=O)C2CCCC2)cc1. The number of amides is 1. The molecule has 5 nitrogen and oxygen atoms in total. The van der Waals surface area contributed by atoms with E-state index in [1.807, 2.05) is 0 Å². The molecule has 0 heterocycles. The molecular weight excluding hydrogens is 276 g/mol. The van der Waals surface area contributed by atoms with Gasteiger partial charge in [0.2, 0.25) is 5.91 Å². The molecule has 0 unspecified atom stereocenters. The number of benzene rings is 1. The lowest BCUT2D eigenvalue weighted by atomic mass is 10.3. The van der Waals surface area contributed by atoms with Crippen LogP contribution in [0.1, 0.15) is 32.1 Å². The van der Waals surface area contributed by atoms with Crippen LogP contribution in [-0.2, 0) is 14.6 Å². The van der Waals surface area contributed by atoms with Crippen molar-refractivity contribution in [3.63, 3.8) is 0 Å². The van der Waals surface area contributed by atoms with Crippen LogP contribution in [0.3, 0.4) is 0 Å². The van der Waals surface area contributed by atoms with Crippen LogP contribution in [0.25, 0.3) is 0 Å². The smallest absolute Gasteiger partial charge is 0.238 e. The van der Waals surface area contributed by atoms with E-state index in [9.17, 15) is 13.2 Å². The molecule has 0 radical (unpaired) electrons. The molecule has 0 bridgehead atoms. The third-order valence-corrected chi connectivity index (χ3v) is 5.73. The van der Waals surface area contributed by atoms with Crippen molar-refractivity contribution in [2.75, 3.05) is 5.32 Å². The van der Waals surface area contributed by atoms with Gasteiger partial charge in [-0.1, -0.05) is 12.8 Å². The molecule has 1 fully saturated rings. The fraction of sp³-hybridized carbons (Fsp3) is 0.429. The zero-order chi connectivity index (χ0) is 14.6. The third-order valence-electron chi connectivity index (χ3n) is 3.45. The van der Waals surface area contributed by atoms with E-state index in [0.29, 0.717) is 10.6 Å². The molecule has 6 heteroatoms. The van der Waals surface area contributed by atoms with Gasteiger partial charge >= 0.3 is 0 Å². The van der Waals surface area contributed by atoms with Gasteiger partial charge < -0.3 is 5.32 Å². The average molecular weight is 292 g/mol. The number of nitrogens with zero attached hydrogens (tertiary/aromatic N) is 1. The monoisotopic (exact) mass is 292 g/mol. The number of rotatable bonds is 4. The second kappa shape index (κ2) is 6.06. The van der Waals surface area contributed by atoms with Crippen LogP contribution >= 0.6 is 0 Å². The Morgan fingerprint density at radius 2 is 1.85 bits per heavy atom. The van der Waals surface area contributed by atoms with Crippen molar-refractivity contribution in [1.29, 1.82) is 5.26 Å². The fourth-order valence-electron chi connectivity index (χ4n) is 2.40. The molecule has 1 amide bonds. The molecule has 2 rings (SSSR count). The van der Waals surface area contributed by atoms with Crippen molar-refractivity contribution in [3.8, 4) is 6.07 Å². The first-order valence-electron chi connectivity index (χ1n) is 6.55. The summed E-state index contributed by atoms with van der Waals surface area (Å²) < 4.78 is 24.7. The third kappa shape index (κ3) is 3.17. The maximum Gasteiger partial charge on any atom is 0.238 e. The number of sulfone groups is 1. The summed E-state index contributed by atoms with van der Waals surface area (Å²) in [5.74, 6) is -0.404. The number of hydrogen-bond acceptors (Lipinski definition) is 4. The molecule has 0 saturated heterocycles. The fourth-order valence-corrected chi connectivity index (χ4v) is 4.25. The van der Waals surface area contributed by atoms with Crippen LogP contribution < -0.4 is 5.32 Å². The van der Waals surface area contributed by atoms with Gasteiger partial charge in [0.1, 0.15) is 6.42 Å². The highest BCUT2D eigenvalue weighted by molar-refractivity contribution is 7.92. The Hall–Kier alpha value is -1.87. The molecule has 1 N–H and O–H groups in total. The van der Waals surface area contributed by atoms with Gasteiger partial charge in [0.25, 0.3) is 0 Å². The second-order valence-electron chi connectivity index (χ2n) is 4.86. The predicted octanol–water partition coefficient (Wildman–Crippen LogP) is 2.26. The molecule has 0 aromatic heterocycles. The number of anilines is 1. The van der Waals surface area contributed by atoms with Crippen LogP contribution in [-0.4, -0.2) is 19.6 Å². The Morgan fingerprint density at radius 3 is 2.40 bits per heavy atom. The predicted molar refractivity (Wildman–Crippen MR) is 74.7 cm³/mol. The number of nitrogens with one attached hydrogen (secondary N) is 1. The van der Waals surface area contributed by atoms with Crippen molar-refractivity contribution in [3.05, 3.63) is 24.3 Å². The number of nitriles is 1. The standard InChI is InChI=1S/C14H16N2O3S/c15-10-9-14(17)16-11-5-7-13(8-6-11)20(18,19)12-3-1-2-4-12/h5-8,12H,1-4,9H2,(H,16,17). The first-order valence-corrected chi connectivity index (χ1v) is 8.09. The quantitative estimate of drug-likeness (QED) is 0.922. The van der Waals surface area contributed by atoms with E-state index in [1.165, 1.54) is 12.1 Å². The number of carbonyl (C=O) groups is 1. The van der Waals surface area contributed by atoms with Crippen molar-refractivity contribution in [1.82, 2.24) is 0 Å². The normalized spacial score (nSPS) is 15.8. The first kappa shape index (κ1) is 14.5. The van der Waals surface area contributed by atoms with E-state index in [4.69, 9.17) is 5.26 Å². The van der Waals surface area contributed by atoms with E-state index >= 15 is 0 Å². The molecule has 1 aromatic carbocycles. The Balaban J connectivity index is 2.12. The van der Waals surface area contributed by atoms with E-state index in [2.05, 4.69) is 5.32 Å². The molecule has 0 aliphatic heterocycles. The van der Waals surface area contributed by atoms with Crippen LogP contribution in [0, 0.1) is 11.3 Å². The van der Waals surface area contributed by atoms with Crippen LogP contribution in [0.4, 0.5) is 5.69 Å². The van der Waals surface area contributed by atoms with Gasteiger partial charge in [-0.15, -0.1) is 0 Å². The summed E-state index contributed by atoms with van der Waals surface area (Å²) in [6.45, 7) is 0. The van der Waals surface area contributed by atoms with Gasteiger partial charge in [-0.3, -0.25) is 4.79 Å². The molecule has 1 aliphatic rings. The van der Waals surface area contributed by atoms with E-state index in [1.54, 1.807) is 18.2 Å². The van der Waals surface area contributed by atoms with Crippen molar-refractivity contribution >= 4 is 21.4 Å². The van der Waals surface area contributed by atoms with Crippen molar-refractivity contribution in [2.45, 2.75) is 42.2 Å². The highest BCUT2D eigenvalue weighted by Crippen LogP contribution is 2.29. The van der Waals surface area contributed by atoms with Gasteiger partial charge in [0.05, 0.1) is 16.2 Å². The molecule has 1 aliphatic carbocycles. The van der Waals surface area contributed by atoms with E-state index in [0.717, 1.165) is 25.7 Å². The highest BCUT2D eigenvalue weighted by Gasteiger charge is 2.30. The largest absolute Gasteiger partial charge is 0.325 e. The van der Waals surface area contributed by atoms with E-state index < -0.39 is 15.7 Å². The lowest BCUT2D eigenvalue weighted by molar-refractivity contribution is -0.115. The first-order chi connectivity index (χ1) is 9.54. The van der Waals surface area contributed by atoms with Crippen LogP contribution in [0.2, 0.25) is 0 Å². The minimum Gasteiger partial charge on any atom is -0.325 e. The summed E-state index contributed by atoms with van der Waals surface area (Å²) in [5.41, 5.74) is 0.496. The zero-order valence-electron chi connectivity index (χ0n) is 11.0. The minimum absolute atomic E-state index is 0.220. The average Bonchev–Trinajstić information content (AvgIpc) is 2.94. The summed E-state index contributed by atoms with van der Waals surface area (Å²) in [5, 5.41) is 10.7. The molecule has 1 saturated carbocycles. The molecule has 0 spiro atoms. The van der Waals surface area contributed by atoms with Crippen molar-refractivity contribution in [2.24, 2.45) is 0 Å². The Bertz CT molecular complexity index is 623. The van der Waals surface area contributed by atoms with E-state index in [-0.39, 0.29) is 11.7 Å². The number of hydrogen-bond donors (Lipinski definition) is 1.